The van der Waals surface area contributed by atoms with Crippen LogP contribution in [0, 0.1) is 6.92 Å². The van der Waals surface area contributed by atoms with Gasteiger partial charge in [-0.1, -0.05) is 6.07 Å². The van der Waals surface area contributed by atoms with Gasteiger partial charge >= 0.3 is 12.4 Å². The van der Waals surface area contributed by atoms with E-state index in [9.17, 15) is 26.3 Å². The normalized spacial score (nSPS) is 14.1. The van der Waals surface area contributed by atoms with Gasteiger partial charge in [0.15, 0.2) is 0 Å². The maximum Gasteiger partial charge on any atom is 0.416 e. The van der Waals surface area contributed by atoms with Crippen molar-refractivity contribution in [3.63, 3.8) is 0 Å². The molecule has 0 amide bonds. The number of benzene rings is 1. The Morgan fingerprint density at radius 1 is 1.10 bits per heavy atom. The fourth-order valence-corrected chi connectivity index (χ4v) is 1.90. The molecule has 0 spiro atoms. The standard InChI is InChI=1S/C14H17F6N/c1-9-5-6-11(14(18,19)20)8-12(9)21-10(2)4-3-7-13(15,16)17/h5-6,8,10,21H,3-4,7H2,1-2H3. The molecule has 0 saturated carbocycles. The minimum Gasteiger partial charge on any atom is -0.382 e. The molecule has 0 bridgehead atoms. The van der Waals surface area contributed by atoms with Gasteiger partial charge in [0.1, 0.15) is 0 Å². The van der Waals surface area contributed by atoms with Gasteiger partial charge in [-0.25, -0.2) is 0 Å². The number of halogens is 6. The predicted octanol–water partition coefficient (Wildman–Crippen LogP) is 5.55. The van der Waals surface area contributed by atoms with Crippen molar-refractivity contribution >= 4 is 5.69 Å². The van der Waals surface area contributed by atoms with Crippen molar-refractivity contribution < 1.29 is 26.3 Å². The van der Waals surface area contributed by atoms with Gasteiger partial charge in [-0.15, -0.1) is 0 Å². The molecule has 0 aliphatic carbocycles. The third-order valence-electron chi connectivity index (χ3n) is 3.06. The van der Waals surface area contributed by atoms with Gasteiger partial charge in [-0.05, 0) is 44.4 Å². The average molecular weight is 313 g/mol. The highest BCUT2D eigenvalue weighted by Gasteiger charge is 2.31. The minimum absolute atomic E-state index is 0.0598. The Labute approximate surface area is 119 Å². The smallest absolute Gasteiger partial charge is 0.382 e. The van der Waals surface area contributed by atoms with Gasteiger partial charge in [0, 0.05) is 18.2 Å². The average Bonchev–Trinajstić information content (AvgIpc) is 2.28. The Morgan fingerprint density at radius 3 is 2.24 bits per heavy atom. The lowest BCUT2D eigenvalue weighted by atomic mass is 10.1. The first-order valence-corrected chi connectivity index (χ1v) is 6.50. The van der Waals surface area contributed by atoms with Gasteiger partial charge in [0.25, 0.3) is 0 Å². The molecule has 0 radical (unpaired) electrons. The van der Waals surface area contributed by atoms with E-state index >= 15 is 0 Å². The van der Waals surface area contributed by atoms with Crippen molar-refractivity contribution in [1.82, 2.24) is 0 Å². The van der Waals surface area contributed by atoms with Crippen LogP contribution in [-0.4, -0.2) is 12.2 Å². The molecule has 1 nitrogen and oxygen atoms in total. The van der Waals surface area contributed by atoms with Gasteiger partial charge in [0.05, 0.1) is 5.56 Å². The van der Waals surface area contributed by atoms with E-state index in [0.29, 0.717) is 11.3 Å². The number of rotatable bonds is 5. The van der Waals surface area contributed by atoms with Crippen LogP contribution in [-0.2, 0) is 6.18 Å². The van der Waals surface area contributed by atoms with Gasteiger partial charge < -0.3 is 5.32 Å². The number of hydrogen-bond acceptors (Lipinski definition) is 1. The zero-order chi connectivity index (χ0) is 16.3. The molecule has 1 rings (SSSR count). The second-order valence-corrected chi connectivity index (χ2v) is 5.08. The summed E-state index contributed by atoms with van der Waals surface area (Å²) in [7, 11) is 0. The lowest BCUT2D eigenvalue weighted by Crippen LogP contribution is -2.18. The minimum atomic E-state index is -4.44. The van der Waals surface area contributed by atoms with Crippen molar-refractivity contribution in [1.29, 1.82) is 0 Å². The van der Waals surface area contributed by atoms with Crippen LogP contribution < -0.4 is 5.32 Å². The Balaban J connectivity index is 2.65. The van der Waals surface area contributed by atoms with Crippen LogP contribution >= 0.6 is 0 Å². The van der Waals surface area contributed by atoms with Crippen LogP contribution in [0.5, 0.6) is 0 Å². The summed E-state index contributed by atoms with van der Waals surface area (Å²) in [5.41, 5.74) is 0.132. The van der Waals surface area contributed by atoms with Gasteiger partial charge in [-0.3, -0.25) is 0 Å². The third kappa shape index (κ3) is 6.27. The molecule has 120 valence electrons. The second-order valence-electron chi connectivity index (χ2n) is 5.08. The summed E-state index contributed by atoms with van der Waals surface area (Å²) in [4.78, 5) is 0. The molecule has 0 heterocycles. The molecule has 7 heteroatoms. The van der Waals surface area contributed by atoms with E-state index in [2.05, 4.69) is 5.32 Å². The Hall–Kier alpha value is -1.40. The van der Waals surface area contributed by atoms with E-state index in [4.69, 9.17) is 0 Å². The summed E-state index contributed by atoms with van der Waals surface area (Å²) in [5.74, 6) is 0. The van der Waals surface area contributed by atoms with Crippen LogP contribution in [0.3, 0.4) is 0 Å². The molecule has 0 fully saturated rings. The van der Waals surface area contributed by atoms with Crippen molar-refractivity contribution in [2.45, 2.75) is 51.5 Å². The summed E-state index contributed by atoms with van der Waals surface area (Å²) >= 11 is 0. The van der Waals surface area contributed by atoms with E-state index in [1.54, 1.807) is 13.8 Å². The summed E-state index contributed by atoms with van der Waals surface area (Å²) in [6.45, 7) is 3.29. The largest absolute Gasteiger partial charge is 0.416 e. The first-order chi connectivity index (χ1) is 9.49. The molecule has 0 aliphatic rings. The Bertz CT molecular complexity index is 464. The number of nitrogens with one attached hydrogen (secondary N) is 1. The predicted molar refractivity (Wildman–Crippen MR) is 69.2 cm³/mol. The number of alkyl halides is 6. The molecule has 0 aliphatic heterocycles. The van der Waals surface area contributed by atoms with Crippen LogP contribution in [0.1, 0.15) is 37.3 Å². The summed E-state index contributed by atoms with van der Waals surface area (Å²) < 4.78 is 74.0. The molecule has 21 heavy (non-hydrogen) atoms. The first-order valence-electron chi connectivity index (χ1n) is 6.50. The quantitative estimate of drug-likeness (QED) is 0.703. The molecular formula is C14H17F6N. The topological polar surface area (TPSA) is 12.0 Å². The van der Waals surface area contributed by atoms with E-state index in [0.717, 1.165) is 12.1 Å². The molecule has 0 saturated heterocycles. The molecule has 1 N–H and O–H groups in total. The van der Waals surface area contributed by atoms with Gasteiger partial charge in [-0.2, -0.15) is 26.3 Å². The van der Waals surface area contributed by atoms with Crippen molar-refractivity contribution in [2.75, 3.05) is 5.32 Å². The Kier molecular flexibility index (Phi) is 5.53. The van der Waals surface area contributed by atoms with Crippen molar-refractivity contribution in [3.05, 3.63) is 29.3 Å². The van der Waals surface area contributed by atoms with E-state index in [1.165, 1.54) is 6.07 Å². The number of aryl methyl sites for hydroxylation is 1. The van der Waals surface area contributed by atoms with E-state index in [-0.39, 0.29) is 18.9 Å². The first kappa shape index (κ1) is 17.7. The lowest BCUT2D eigenvalue weighted by Gasteiger charge is -2.19. The zero-order valence-electron chi connectivity index (χ0n) is 11.7. The summed E-state index contributed by atoms with van der Waals surface area (Å²) in [6.07, 6.45) is -9.36. The molecule has 1 unspecified atom stereocenters. The Morgan fingerprint density at radius 2 is 1.71 bits per heavy atom. The monoisotopic (exact) mass is 313 g/mol. The highest BCUT2D eigenvalue weighted by Crippen LogP contribution is 2.32. The van der Waals surface area contributed by atoms with Crippen molar-refractivity contribution in [3.8, 4) is 0 Å². The lowest BCUT2D eigenvalue weighted by molar-refractivity contribution is -0.138. The fraction of sp³-hybridized carbons (Fsp3) is 0.571. The van der Waals surface area contributed by atoms with Crippen LogP contribution in [0.2, 0.25) is 0 Å². The van der Waals surface area contributed by atoms with Crippen molar-refractivity contribution in [2.24, 2.45) is 0 Å². The SMILES string of the molecule is Cc1ccc(C(F)(F)F)cc1NC(C)CCCC(F)(F)F. The van der Waals surface area contributed by atoms with Crippen LogP contribution in [0.15, 0.2) is 18.2 Å². The molecule has 1 aromatic carbocycles. The summed E-state index contributed by atoms with van der Waals surface area (Å²) in [5, 5.41) is 2.84. The van der Waals surface area contributed by atoms with E-state index < -0.39 is 24.3 Å². The number of hydrogen-bond donors (Lipinski definition) is 1. The maximum absolute atomic E-state index is 12.6. The fourth-order valence-electron chi connectivity index (χ4n) is 1.90. The molecule has 1 atom stereocenters. The van der Waals surface area contributed by atoms with Crippen LogP contribution in [0.25, 0.3) is 0 Å². The number of anilines is 1. The molecular weight excluding hydrogens is 296 g/mol. The highest BCUT2D eigenvalue weighted by atomic mass is 19.4. The van der Waals surface area contributed by atoms with E-state index in [1.807, 2.05) is 0 Å². The summed E-state index contributed by atoms with van der Waals surface area (Å²) in [6, 6.07) is 2.97. The maximum atomic E-state index is 12.6. The second kappa shape index (κ2) is 6.58. The van der Waals surface area contributed by atoms with Crippen LogP contribution in [0.4, 0.5) is 32.0 Å². The molecule has 0 aromatic heterocycles. The zero-order valence-corrected chi connectivity index (χ0v) is 11.7. The third-order valence-corrected chi connectivity index (χ3v) is 3.06. The molecule has 1 aromatic rings. The highest BCUT2D eigenvalue weighted by molar-refractivity contribution is 5.53. The van der Waals surface area contributed by atoms with Gasteiger partial charge in [0.2, 0.25) is 0 Å².